The third kappa shape index (κ3) is 10.7. The third-order valence-electron chi connectivity index (χ3n) is 6.37. The number of carboxylic acids is 2. The van der Waals surface area contributed by atoms with Crippen LogP contribution in [0.1, 0.15) is 45.1 Å². The van der Waals surface area contributed by atoms with Crippen molar-refractivity contribution in [2.24, 2.45) is 28.1 Å². The molecule has 0 radical (unpaired) electrons. The summed E-state index contributed by atoms with van der Waals surface area (Å²) in [7, 11) is 0. The molecular weight excluding hydrogens is 548 g/mol. The van der Waals surface area contributed by atoms with Crippen molar-refractivity contribution in [1.29, 1.82) is 0 Å². The van der Waals surface area contributed by atoms with Gasteiger partial charge in [-0.2, -0.15) is 0 Å². The molecule has 230 valence electrons. The number of nitrogens with one attached hydrogen (secondary N) is 4. The average Bonchev–Trinajstić information content (AvgIpc) is 3.31. The van der Waals surface area contributed by atoms with Gasteiger partial charge in [0.05, 0.1) is 12.5 Å². The van der Waals surface area contributed by atoms with Gasteiger partial charge in [0.25, 0.3) is 0 Å². The first kappa shape index (κ1) is 33.5. The summed E-state index contributed by atoms with van der Waals surface area (Å²) < 4.78 is 0. The Bertz CT molecular complexity index is 1290. The number of nitrogens with two attached hydrogens (primary N) is 3. The number of hydrogen-bond acceptors (Lipinski definition) is 7. The molecule has 1 aromatic carbocycles. The van der Waals surface area contributed by atoms with Gasteiger partial charge in [0.2, 0.25) is 17.7 Å². The Kier molecular flexibility index (Phi) is 12.7. The van der Waals surface area contributed by atoms with Crippen molar-refractivity contribution < 1.29 is 34.2 Å². The Morgan fingerprint density at radius 3 is 2.17 bits per heavy atom. The van der Waals surface area contributed by atoms with Crippen LogP contribution in [-0.2, 0) is 30.4 Å². The van der Waals surface area contributed by atoms with Gasteiger partial charge in [-0.3, -0.25) is 24.2 Å². The average molecular weight is 589 g/mol. The lowest BCUT2D eigenvalue weighted by Crippen LogP contribution is -2.57. The van der Waals surface area contributed by atoms with Gasteiger partial charge in [0.15, 0.2) is 5.96 Å². The second-order valence-corrected chi connectivity index (χ2v) is 10.4. The van der Waals surface area contributed by atoms with Crippen molar-refractivity contribution in [2.45, 2.75) is 70.1 Å². The molecule has 3 amide bonds. The topological polar surface area (TPSA) is 268 Å². The molecule has 15 nitrogen and oxygen atoms in total. The van der Waals surface area contributed by atoms with Gasteiger partial charge < -0.3 is 48.3 Å². The first-order chi connectivity index (χ1) is 19.8. The van der Waals surface area contributed by atoms with Gasteiger partial charge in [-0.15, -0.1) is 0 Å². The highest BCUT2D eigenvalue weighted by Crippen LogP contribution is 2.19. The van der Waals surface area contributed by atoms with Crippen molar-refractivity contribution in [2.75, 3.05) is 6.54 Å². The molecule has 0 aliphatic rings. The monoisotopic (exact) mass is 588 g/mol. The Hall–Kier alpha value is -4.66. The number of H-pyrrole nitrogens is 1. The fraction of sp³-hybridized carbons (Fsp3) is 0.481. The number of benzene rings is 1. The van der Waals surface area contributed by atoms with Crippen LogP contribution in [0.4, 0.5) is 0 Å². The molecule has 0 saturated carbocycles. The molecule has 2 aromatic rings. The molecule has 0 saturated heterocycles. The Morgan fingerprint density at radius 2 is 1.55 bits per heavy atom. The van der Waals surface area contributed by atoms with Crippen LogP contribution >= 0.6 is 0 Å². The third-order valence-corrected chi connectivity index (χ3v) is 6.37. The van der Waals surface area contributed by atoms with Gasteiger partial charge in [-0.05, 0) is 36.8 Å². The number of aliphatic imine (C=N–C) groups is 1. The van der Waals surface area contributed by atoms with Crippen LogP contribution in [0, 0.1) is 5.92 Å². The minimum absolute atomic E-state index is 0.0669. The maximum Gasteiger partial charge on any atom is 0.326 e. The van der Waals surface area contributed by atoms with E-state index in [4.69, 9.17) is 22.3 Å². The van der Waals surface area contributed by atoms with Crippen LogP contribution in [0.3, 0.4) is 0 Å². The van der Waals surface area contributed by atoms with E-state index in [2.05, 4.69) is 25.9 Å². The lowest BCUT2D eigenvalue weighted by Gasteiger charge is -2.25. The zero-order chi connectivity index (χ0) is 31.4. The molecule has 1 heterocycles. The fourth-order valence-electron chi connectivity index (χ4n) is 4.32. The van der Waals surface area contributed by atoms with Crippen LogP contribution in [0.15, 0.2) is 35.5 Å². The molecule has 0 aliphatic heterocycles. The summed E-state index contributed by atoms with van der Waals surface area (Å²) >= 11 is 0. The number of amides is 3. The van der Waals surface area contributed by atoms with E-state index in [1.165, 1.54) is 0 Å². The molecular formula is C27H40N8O7. The number of aliphatic carboxylic acids is 2. The van der Waals surface area contributed by atoms with E-state index in [9.17, 15) is 29.1 Å². The van der Waals surface area contributed by atoms with Crippen LogP contribution in [0.2, 0.25) is 0 Å². The highest BCUT2D eigenvalue weighted by Gasteiger charge is 2.31. The molecule has 0 fully saturated rings. The van der Waals surface area contributed by atoms with E-state index < -0.39 is 60.2 Å². The molecule has 0 aliphatic carbocycles. The Labute approximate surface area is 242 Å². The quantitative estimate of drug-likeness (QED) is 0.0627. The largest absolute Gasteiger partial charge is 0.481 e. The summed E-state index contributed by atoms with van der Waals surface area (Å²) in [4.78, 5) is 69.3. The molecule has 1 aromatic heterocycles. The van der Waals surface area contributed by atoms with E-state index in [1.54, 1.807) is 12.3 Å². The first-order valence-corrected chi connectivity index (χ1v) is 13.5. The predicted molar refractivity (Wildman–Crippen MR) is 155 cm³/mol. The van der Waals surface area contributed by atoms with Gasteiger partial charge in [0, 0.05) is 30.1 Å². The van der Waals surface area contributed by atoms with E-state index in [0.29, 0.717) is 18.4 Å². The maximum atomic E-state index is 13.5. The number of para-hydroxylation sites is 1. The second-order valence-electron chi connectivity index (χ2n) is 10.4. The number of aromatic nitrogens is 1. The summed E-state index contributed by atoms with van der Waals surface area (Å²) in [6.45, 7) is 3.97. The molecule has 2 rings (SSSR count). The second kappa shape index (κ2) is 16.0. The number of rotatable bonds is 17. The first-order valence-electron chi connectivity index (χ1n) is 13.5. The zero-order valence-electron chi connectivity index (χ0n) is 23.6. The van der Waals surface area contributed by atoms with E-state index in [-0.39, 0.29) is 31.3 Å². The number of carbonyl (C=O) groups excluding carboxylic acids is 3. The molecule has 12 N–H and O–H groups in total. The fourth-order valence-corrected chi connectivity index (χ4v) is 4.32. The number of carboxylic acid groups (broad SMARTS) is 2. The molecule has 4 unspecified atom stereocenters. The van der Waals surface area contributed by atoms with Gasteiger partial charge in [-0.1, -0.05) is 32.0 Å². The normalized spacial score (nSPS) is 13.9. The zero-order valence-corrected chi connectivity index (χ0v) is 23.6. The number of carbonyl (C=O) groups is 5. The molecule has 4 atom stereocenters. The molecule has 15 heteroatoms. The minimum Gasteiger partial charge on any atom is -0.481 e. The number of nitrogens with zero attached hydrogens (tertiary/aromatic N) is 1. The van der Waals surface area contributed by atoms with Crippen LogP contribution in [-0.4, -0.2) is 81.5 Å². The summed E-state index contributed by atoms with van der Waals surface area (Å²) in [5.74, 6) is -5.19. The van der Waals surface area contributed by atoms with Gasteiger partial charge in [-0.25, -0.2) is 4.79 Å². The number of hydrogen-bond donors (Lipinski definition) is 9. The van der Waals surface area contributed by atoms with Gasteiger partial charge >= 0.3 is 11.9 Å². The molecule has 0 spiro atoms. The lowest BCUT2D eigenvalue weighted by atomic mass is 10.0. The summed E-state index contributed by atoms with van der Waals surface area (Å²) in [6, 6.07) is 2.18. The van der Waals surface area contributed by atoms with E-state index in [0.717, 1.165) is 10.9 Å². The summed E-state index contributed by atoms with van der Waals surface area (Å²) in [5.41, 5.74) is 18.2. The smallest absolute Gasteiger partial charge is 0.326 e. The van der Waals surface area contributed by atoms with Crippen molar-refractivity contribution >= 4 is 46.5 Å². The Balaban J connectivity index is 2.34. The number of aromatic amines is 1. The van der Waals surface area contributed by atoms with Gasteiger partial charge in [0.1, 0.15) is 18.1 Å². The predicted octanol–water partition coefficient (Wildman–Crippen LogP) is -0.849. The van der Waals surface area contributed by atoms with Crippen LogP contribution < -0.4 is 33.2 Å². The minimum atomic E-state index is -1.73. The van der Waals surface area contributed by atoms with E-state index >= 15 is 0 Å². The van der Waals surface area contributed by atoms with Crippen molar-refractivity contribution in [3.63, 3.8) is 0 Å². The molecule has 0 bridgehead atoms. The highest BCUT2D eigenvalue weighted by molar-refractivity contribution is 5.95. The van der Waals surface area contributed by atoms with Crippen LogP contribution in [0.25, 0.3) is 10.9 Å². The summed E-state index contributed by atoms with van der Waals surface area (Å²) in [6.07, 6.45) is 1.49. The SMILES string of the molecule is CC(C)CC(N)C(=O)NC(CCCN=C(N)N)C(=O)NC(Cc1c[nH]c2ccccc12)C(=O)NC(CC(=O)O)C(=O)O. The van der Waals surface area contributed by atoms with E-state index in [1.807, 2.05) is 32.0 Å². The summed E-state index contributed by atoms with van der Waals surface area (Å²) in [5, 5.41) is 26.7. The standard InChI is InChI=1S/C27H40N8O7/c1-14(2)10-17(28)23(38)33-19(8-5-9-31-27(29)30)24(39)34-20(25(40)35-21(26(41)42)12-22(36)37)11-15-13-32-18-7-4-3-6-16(15)18/h3-4,6-7,13-14,17,19-21,32H,5,8-12,28H2,1-2H3,(H,33,38)(H,34,39)(H,35,40)(H,36,37)(H,41,42)(H4,29,30,31). The highest BCUT2D eigenvalue weighted by atomic mass is 16.4. The number of fused-ring (bicyclic) bond motifs is 1. The number of guanidine groups is 1. The molecule has 42 heavy (non-hydrogen) atoms. The maximum absolute atomic E-state index is 13.5. The lowest BCUT2D eigenvalue weighted by molar-refractivity contribution is -0.147. The van der Waals surface area contributed by atoms with Crippen molar-refractivity contribution in [3.05, 3.63) is 36.0 Å². The van der Waals surface area contributed by atoms with Crippen molar-refractivity contribution in [3.8, 4) is 0 Å². The van der Waals surface area contributed by atoms with Crippen molar-refractivity contribution in [1.82, 2.24) is 20.9 Å². The Morgan fingerprint density at radius 1 is 0.929 bits per heavy atom. The van der Waals surface area contributed by atoms with Crippen LogP contribution in [0.5, 0.6) is 0 Å².